The molecule has 0 radical (unpaired) electrons. The fourth-order valence-corrected chi connectivity index (χ4v) is 3.52. The average molecular weight is 237 g/mol. The van der Waals surface area contributed by atoms with Crippen LogP contribution in [0.5, 0.6) is 0 Å². The number of hydrogen-bond acceptors (Lipinski definition) is 2. The average Bonchev–Trinajstić information content (AvgIpc) is 2.67. The summed E-state index contributed by atoms with van der Waals surface area (Å²) in [6.45, 7) is 8.04. The van der Waals surface area contributed by atoms with E-state index >= 15 is 0 Å². The van der Waals surface area contributed by atoms with Gasteiger partial charge in [0.15, 0.2) is 0 Å². The van der Waals surface area contributed by atoms with Gasteiger partial charge in [0.1, 0.15) is 0 Å². The van der Waals surface area contributed by atoms with Crippen LogP contribution in [0.2, 0.25) is 0 Å². The topological polar surface area (TPSA) is 12.0 Å². The highest BCUT2D eigenvalue weighted by molar-refractivity contribution is 7.11. The predicted octanol–water partition coefficient (Wildman–Crippen LogP) is 3.97. The molecule has 0 unspecified atom stereocenters. The minimum absolute atomic E-state index is 0.728. The third-order valence-corrected chi connectivity index (χ3v) is 5.04. The first-order chi connectivity index (χ1) is 7.66. The van der Waals surface area contributed by atoms with Crippen molar-refractivity contribution < 1.29 is 0 Å². The van der Waals surface area contributed by atoms with Crippen LogP contribution in [0.15, 0.2) is 12.1 Å². The molecule has 1 saturated carbocycles. The Morgan fingerprint density at radius 1 is 1.31 bits per heavy atom. The zero-order valence-corrected chi connectivity index (χ0v) is 11.4. The first-order valence-electron chi connectivity index (χ1n) is 6.45. The van der Waals surface area contributed by atoms with E-state index in [0.717, 1.165) is 24.4 Å². The Hall–Kier alpha value is -0.340. The van der Waals surface area contributed by atoms with Crippen LogP contribution in [-0.4, -0.2) is 6.04 Å². The molecule has 2 rings (SSSR count). The van der Waals surface area contributed by atoms with Gasteiger partial charge in [-0.2, -0.15) is 0 Å². The summed E-state index contributed by atoms with van der Waals surface area (Å²) in [5.74, 6) is 1.71. The standard InChI is InChI=1S/C14H23NS/c1-10-5-4-6-14(12(10)3)15-9-13-8-7-11(2)16-13/h7-8,10,12,14-15H,4-6,9H2,1-3H3/t10-,12-,14-/m0/s1. The molecule has 0 amide bonds. The van der Waals surface area contributed by atoms with Crippen LogP contribution < -0.4 is 5.32 Å². The van der Waals surface area contributed by atoms with Gasteiger partial charge in [-0.1, -0.05) is 26.7 Å². The lowest BCUT2D eigenvalue weighted by Gasteiger charge is -2.34. The molecule has 16 heavy (non-hydrogen) atoms. The van der Waals surface area contributed by atoms with E-state index in [1.54, 1.807) is 0 Å². The van der Waals surface area contributed by atoms with Gasteiger partial charge >= 0.3 is 0 Å². The van der Waals surface area contributed by atoms with Gasteiger partial charge in [-0.25, -0.2) is 0 Å². The van der Waals surface area contributed by atoms with E-state index in [4.69, 9.17) is 0 Å². The summed E-state index contributed by atoms with van der Waals surface area (Å²) in [6, 6.07) is 5.20. The molecule has 0 spiro atoms. The summed E-state index contributed by atoms with van der Waals surface area (Å²) in [5.41, 5.74) is 0. The van der Waals surface area contributed by atoms with Gasteiger partial charge in [0.2, 0.25) is 0 Å². The molecule has 0 aromatic carbocycles. The minimum atomic E-state index is 0.728. The van der Waals surface area contributed by atoms with E-state index in [-0.39, 0.29) is 0 Å². The molecule has 0 bridgehead atoms. The summed E-state index contributed by atoms with van der Waals surface area (Å²) < 4.78 is 0. The van der Waals surface area contributed by atoms with Crippen molar-refractivity contribution >= 4 is 11.3 Å². The molecule has 1 aromatic rings. The number of nitrogens with one attached hydrogen (secondary N) is 1. The lowest BCUT2D eigenvalue weighted by molar-refractivity contribution is 0.206. The highest BCUT2D eigenvalue weighted by Crippen LogP contribution is 2.29. The Kier molecular flexibility index (Phi) is 4.04. The summed E-state index contributed by atoms with van der Waals surface area (Å²) in [5, 5.41) is 3.74. The molecule has 1 fully saturated rings. The monoisotopic (exact) mass is 237 g/mol. The maximum Gasteiger partial charge on any atom is 0.0302 e. The molecule has 3 atom stereocenters. The van der Waals surface area contributed by atoms with Gasteiger partial charge in [-0.05, 0) is 37.3 Å². The molecule has 2 heteroatoms. The third-order valence-electron chi connectivity index (χ3n) is 4.04. The molecule has 1 aromatic heterocycles. The van der Waals surface area contributed by atoms with E-state index in [0.29, 0.717) is 0 Å². The zero-order chi connectivity index (χ0) is 11.5. The van der Waals surface area contributed by atoms with E-state index in [9.17, 15) is 0 Å². The van der Waals surface area contributed by atoms with Crippen LogP contribution in [0, 0.1) is 18.8 Å². The van der Waals surface area contributed by atoms with Gasteiger partial charge in [0.05, 0.1) is 0 Å². The largest absolute Gasteiger partial charge is 0.309 e. The van der Waals surface area contributed by atoms with Crippen LogP contribution in [0.4, 0.5) is 0 Å². The molecule has 1 N–H and O–H groups in total. The minimum Gasteiger partial charge on any atom is -0.309 e. The van der Waals surface area contributed by atoms with Crippen molar-refractivity contribution in [2.75, 3.05) is 0 Å². The zero-order valence-electron chi connectivity index (χ0n) is 10.6. The van der Waals surface area contributed by atoms with E-state index in [1.165, 1.54) is 29.0 Å². The lowest BCUT2D eigenvalue weighted by atomic mass is 9.78. The van der Waals surface area contributed by atoms with E-state index in [2.05, 4.69) is 38.2 Å². The molecule has 0 aliphatic heterocycles. The van der Waals surface area contributed by atoms with Crippen molar-refractivity contribution in [3.8, 4) is 0 Å². The second-order valence-electron chi connectivity index (χ2n) is 5.27. The predicted molar refractivity (Wildman–Crippen MR) is 71.9 cm³/mol. The molecule has 0 saturated heterocycles. The number of thiophene rings is 1. The van der Waals surface area contributed by atoms with Crippen molar-refractivity contribution in [3.05, 3.63) is 21.9 Å². The molecule has 90 valence electrons. The van der Waals surface area contributed by atoms with Gasteiger partial charge < -0.3 is 5.32 Å². The van der Waals surface area contributed by atoms with Crippen molar-refractivity contribution in [1.29, 1.82) is 0 Å². The molecular weight excluding hydrogens is 214 g/mol. The number of aryl methyl sites for hydroxylation is 1. The van der Waals surface area contributed by atoms with Crippen molar-refractivity contribution in [3.63, 3.8) is 0 Å². The van der Waals surface area contributed by atoms with Crippen molar-refractivity contribution in [2.45, 2.75) is 52.6 Å². The van der Waals surface area contributed by atoms with E-state index < -0.39 is 0 Å². The molecule has 1 nitrogen and oxygen atoms in total. The summed E-state index contributed by atoms with van der Waals surface area (Å²) in [6.07, 6.45) is 4.17. The fraction of sp³-hybridized carbons (Fsp3) is 0.714. The van der Waals surface area contributed by atoms with Gasteiger partial charge in [0.25, 0.3) is 0 Å². The Bertz CT molecular complexity index is 331. The summed E-state index contributed by atoms with van der Waals surface area (Å²) >= 11 is 1.92. The van der Waals surface area contributed by atoms with Crippen LogP contribution in [0.3, 0.4) is 0 Å². The van der Waals surface area contributed by atoms with Crippen LogP contribution >= 0.6 is 11.3 Å². The quantitative estimate of drug-likeness (QED) is 0.838. The molecule has 1 aliphatic rings. The lowest BCUT2D eigenvalue weighted by Crippen LogP contribution is -2.40. The Morgan fingerprint density at radius 3 is 2.81 bits per heavy atom. The normalized spacial score (nSPS) is 30.6. The summed E-state index contributed by atoms with van der Waals surface area (Å²) in [4.78, 5) is 2.89. The highest BCUT2D eigenvalue weighted by atomic mass is 32.1. The summed E-state index contributed by atoms with van der Waals surface area (Å²) in [7, 11) is 0. The highest BCUT2D eigenvalue weighted by Gasteiger charge is 2.26. The SMILES string of the molecule is Cc1ccc(CN[C@H]2CCC[C@H](C)[C@@H]2C)s1. The van der Waals surface area contributed by atoms with Crippen LogP contribution in [0.1, 0.15) is 42.9 Å². The maximum absolute atomic E-state index is 3.74. The smallest absolute Gasteiger partial charge is 0.0302 e. The maximum atomic E-state index is 3.74. The second-order valence-corrected chi connectivity index (χ2v) is 6.64. The molecule has 1 heterocycles. The van der Waals surface area contributed by atoms with E-state index in [1.807, 2.05) is 11.3 Å². The second kappa shape index (κ2) is 5.33. The first-order valence-corrected chi connectivity index (χ1v) is 7.27. The van der Waals surface area contributed by atoms with Crippen molar-refractivity contribution in [2.24, 2.45) is 11.8 Å². The van der Waals surface area contributed by atoms with Gasteiger partial charge in [-0.15, -0.1) is 11.3 Å². The number of rotatable bonds is 3. The Labute approximate surface area is 103 Å². The fourth-order valence-electron chi connectivity index (χ4n) is 2.68. The Balaban J connectivity index is 1.85. The van der Waals surface area contributed by atoms with Crippen LogP contribution in [0.25, 0.3) is 0 Å². The van der Waals surface area contributed by atoms with Crippen molar-refractivity contribution in [1.82, 2.24) is 5.32 Å². The van der Waals surface area contributed by atoms with Gasteiger partial charge in [-0.3, -0.25) is 0 Å². The number of hydrogen-bond donors (Lipinski definition) is 1. The van der Waals surface area contributed by atoms with Gasteiger partial charge in [0, 0.05) is 22.3 Å². The van der Waals surface area contributed by atoms with Crippen LogP contribution in [-0.2, 0) is 6.54 Å². The Morgan fingerprint density at radius 2 is 2.12 bits per heavy atom. The molecule has 1 aliphatic carbocycles. The third kappa shape index (κ3) is 2.86. The molecular formula is C14H23NS. The first kappa shape index (κ1) is 12.1.